The third-order valence-corrected chi connectivity index (χ3v) is 5.55. The van der Waals surface area contributed by atoms with Gasteiger partial charge < -0.3 is 9.80 Å². The lowest BCUT2D eigenvalue weighted by molar-refractivity contribution is -0.140. The summed E-state index contributed by atoms with van der Waals surface area (Å²) >= 11 is 0. The Balaban J connectivity index is 1.99. The van der Waals surface area contributed by atoms with Gasteiger partial charge in [0.05, 0.1) is 11.1 Å². The molecule has 1 amide bonds. The lowest BCUT2D eigenvalue weighted by Crippen LogP contribution is -2.57. The van der Waals surface area contributed by atoms with Crippen molar-refractivity contribution in [3.8, 4) is 0 Å². The van der Waals surface area contributed by atoms with E-state index in [1.54, 1.807) is 19.1 Å². The van der Waals surface area contributed by atoms with E-state index in [1.165, 1.54) is 0 Å². The molecule has 1 unspecified atom stereocenters. The topological polar surface area (TPSA) is 23.6 Å². The zero-order valence-electron chi connectivity index (χ0n) is 14.6. The fourth-order valence-electron chi connectivity index (χ4n) is 4.33. The van der Waals surface area contributed by atoms with Crippen LogP contribution in [0.3, 0.4) is 0 Å². The van der Waals surface area contributed by atoms with E-state index < -0.39 is 17.3 Å². The van der Waals surface area contributed by atoms with Gasteiger partial charge in [0, 0.05) is 20.0 Å². The number of hydrogen-bond donors (Lipinski definition) is 0. The van der Waals surface area contributed by atoms with Gasteiger partial charge in [0.25, 0.3) is 0 Å². The molecular formula is C19H25F3N2O. The van der Waals surface area contributed by atoms with E-state index in [0.29, 0.717) is 13.1 Å². The summed E-state index contributed by atoms with van der Waals surface area (Å²) in [6.45, 7) is 4.93. The van der Waals surface area contributed by atoms with E-state index >= 15 is 0 Å². The molecule has 1 atom stereocenters. The number of halogens is 3. The highest BCUT2D eigenvalue weighted by Gasteiger charge is 2.44. The van der Waals surface area contributed by atoms with E-state index in [0.717, 1.165) is 62.9 Å². The smallest absolute Gasteiger partial charge is 0.332 e. The summed E-state index contributed by atoms with van der Waals surface area (Å²) in [5.74, 6) is -0.00112. The van der Waals surface area contributed by atoms with Crippen LogP contribution in [0.15, 0.2) is 24.3 Å². The molecule has 0 radical (unpaired) electrons. The van der Waals surface area contributed by atoms with Gasteiger partial charge >= 0.3 is 6.18 Å². The number of hydrogen-bond acceptors (Lipinski definition) is 2. The summed E-state index contributed by atoms with van der Waals surface area (Å²) in [4.78, 5) is 16.5. The number of piperidine rings is 1. The number of carbonyl (C=O) groups is 1. The van der Waals surface area contributed by atoms with Gasteiger partial charge in [0.2, 0.25) is 5.91 Å². The molecule has 2 aliphatic rings. The summed E-state index contributed by atoms with van der Waals surface area (Å²) in [5.41, 5.74) is -0.335. The number of benzene rings is 1. The van der Waals surface area contributed by atoms with Crippen molar-refractivity contribution in [2.24, 2.45) is 0 Å². The first kappa shape index (κ1) is 18.2. The quantitative estimate of drug-likeness (QED) is 0.818. The Morgan fingerprint density at radius 2 is 1.64 bits per heavy atom. The van der Waals surface area contributed by atoms with Crippen molar-refractivity contribution in [3.63, 3.8) is 0 Å². The average molecular weight is 354 g/mol. The van der Waals surface area contributed by atoms with Crippen molar-refractivity contribution in [2.75, 3.05) is 26.2 Å². The summed E-state index contributed by atoms with van der Waals surface area (Å²) in [7, 11) is 0. The van der Waals surface area contributed by atoms with Gasteiger partial charge in [-0.25, -0.2) is 0 Å². The zero-order chi connectivity index (χ0) is 18.1. The molecule has 2 saturated heterocycles. The molecule has 2 heterocycles. The van der Waals surface area contributed by atoms with Crippen molar-refractivity contribution in [3.05, 3.63) is 35.4 Å². The van der Waals surface area contributed by atoms with Crippen LogP contribution in [0.25, 0.3) is 0 Å². The molecule has 25 heavy (non-hydrogen) atoms. The Morgan fingerprint density at radius 1 is 1.04 bits per heavy atom. The molecule has 0 saturated carbocycles. The maximum Gasteiger partial charge on any atom is 0.416 e. The molecule has 138 valence electrons. The van der Waals surface area contributed by atoms with E-state index in [1.807, 2.05) is 4.90 Å². The standard InChI is InChI=1S/C19H25F3N2O/c1-15(25)24-13-3-2-10-18(24,14-23-11-4-5-12-23)16-6-8-17(9-7-16)19(20,21)22/h6-9H,2-5,10-14H2,1H3. The van der Waals surface area contributed by atoms with Crippen LogP contribution >= 0.6 is 0 Å². The van der Waals surface area contributed by atoms with Gasteiger partial charge in [-0.2, -0.15) is 13.2 Å². The highest BCUT2D eigenvalue weighted by molar-refractivity contribution is 5.74. The van der Waals surface area contributed by atoms with Crippen LogP contribution in [0.5, 0.6) is 0 Å². The molecule has 2 aliphatic heterocycles. The van der Waals surface area contributed by atoms with Crippen LogP contribution in [-0.2, 0) is 16.5 Å². The second-order valence-electron chi connectivity index (χ2n) is 7.22. The van der Waals surface area contributed by atoms with Crippen LogP contribution < -0.4 is 0 Å². The summed E-state index contributed by atoms with van der Waals surface area (Å²) in [5, 5.41) is 0. The highest BCUT2D eigenvalue weighted by Crippen LogP contribution is 2.40. The van der Waals surface area contributed by atoms with Crippen LogP contribution in [-0.4, -0.2) is 41.9 Å². The Labute approximate surface area is 146 Å². The maximum absolute atomic E-state index is 12.9. The zero-order valence-corrected chi connectivity index (χ0v) is 14.6. The van der Waals surface area contributed by atoms with Gasteiger partial charge in [-0.05, 0) is 62.9 Å². The number of likely N-dealkylation sites (tertiary alicyclic amines) is 2. The van der Waals surface area contributed by atoms with Crippen LogP contribution in [0, 0.1) is 0 Å². The first-order valence-corrected chi connectivity index (χ1v) is 9.01. The molecule has 0 bridgehead atoms. The number of rotatable bonds is 3. The molecule has 0 aliphatic carbocycles. The number of carbonyl (C=O) groups excluding carboxylic acids is 1. The predicted octanol–water partition coefficient (Wildman–Crippen LogP) is 4.03. The van der Waals surface area contributed by atoms with Crippen molar-refractivity contribution >= 4 is 5.91 Å². The molecule has 2 fully saturated rings. The van der Waals surface area contributed by atoms with Gasteiger partial charge in [0.1, 0.15) is 0 Å². The second kappa shape index (κ2) is 6.98. The van der Waals surface area contributed by atoms with Gasteiger partial charge in [-0.15, -0.1) is 0 Å². The maximum atomic E-state index is 12.9. The summed E-state index contributed by atoms with van der Waals surface area (Å²) < 4.78 is 38.8. The van der Waals surface area contributed by atoms with E-state index in [4.69, 9.17) is 0 Å². The summed E-state index contributed by atoms with van der Waals surface area (Å²) in [6, 6.07) is 5.43. The Morgan fingerprint density at radius 3 is 2.20 bits per heavy atom. The Bertz CT molecular complexity index is 608. The molecule has 0 spiro atoms. The van der Waals surface area contributed by atoms with Gasteiger partial charge in [0.15, 0.2) is 0 Å². The van der Waals surface area contributed by atoms with E-state index in [-0.39, 0.29) is 5.91 Å². The second-order valence-corrected chi connectivity index (χ2v) is 7.22. The van der Waals surface area contributed by atoms with Crippen LogP contribution in [0.2, 0.25) is 0 Å². The Hall–Kier alpha value is -1.56. The Kier molecular flexibility index (Phi) is 5.09. The molecule has 1 aromatic carbocycles. The minimum absolute atomic E-state index is 0.00112. The number of alkyl halides is 3. The van der Waals surface area contributed by atoms with Gasteiger partial charge in [-0.1, -0.05) is 12.1 Å². The van der Waals surface area contributed by atoms with Crippen molar-refractivity contribution < 1.29 is 18.0 Å². The lowest BCUT2D eigenvalue weighted by atomic mass is 9.79. The van der Waals surface area contributed by atoms with E-state index in [2.05, 4.69) is 4.90 Å². The lowest BCUT2D eigenvalue weighted by Gasteiger charge is -2.49. The first-order valence-electron chi connectivity index (χ1n) is 9.01. The summed E-state index contributed by atoms with van der Waals surface area (Å²) in [6.07, 6.45) is 0.675. The third kappa shape index (κ3) is 3.68. The first-order chi connectivity index (χ1) is 11.8. The fraction of sp³-hybridized carbons (Fsp3) is 0.632. The minimum Gasteiger partial charge on any atom is -0.332 e. The molecule has 0 N–H and O–H groups in total. The SMILES string of the molecule is CC(=O)N1CCCCC1(CN1CCCC1)c1ccc(C(F)(F)F)cc1. The van der Waals surface area contributed by atoms with Crippen LogP contribution in [0.1, 0.15) is 50.2 Å². The normalized spacial score (nSPS) is 25.4. The fourth-order valence-corrected chi connectivity index (χ4v) is 4.33. The molecule has 3 rings (SSSR count). The number of amides is 1. The third-order valence-electron chi connectivity index (χ3n) is 5.55. The largest absolute Gasteiger partial charge is 0.416 e. The van der Waals surface area contributed by atoms with Crippen molar-refractivity contribution in [1.82, 2.24) is 9.80 Å². The van der Waals surface area contributed by atoms with Crippen molar-refractivity contribution in [1.29, 1.82) is 0 Å². The predicted molar refractivity (Wildman–Crippen MR) is 90.0 cm³/mol. The molecule has 3 nitrogen and oxygen atoms in total. The minimum atomic E-state index is -4.34. The molecule has 1 aromatic rings. The van der Waals surface area contributed by atoms with Gasteiger partial charge in [-0.3, -0.25) is 4.79 Å². The van der Waals surface area contributed by atoms with Crippen molar-refractivity contribution in [2.45, 2.75) is 50.7 Å². The van der Waals surface area contributed by atoms with E-state index in [9.17, 15) is 18.0 Å². The molecular weight excluding hydrogens is 329 g/mol. The highest BCUT2D eigenvalue weighted by atomic mass is 19.4. The van der Waals surface area contributed by atoms with Crippen LogP contribution in [0.4, 0.5) is 13.2 Å². The monoisotopic (exact) mass is 354 g/mol. The number of nitrogens with zero attached hydrogens (tertiary/aromatic N) is 2. The molecule has 0 aromatic heterocycles. The molecule has 6 heteroatoms. The average Bonchev–Trinajstić information content (AvgIpc) is 3.07.